The molecule has 0 heterocycles. The van der Waals surface area contributed by atoms with E-state index in [1.165, 1.54) is 18.4 Å². The van der Waals surface area contributed by atoms with Crippen LogP contribution >= 0.6 is 0 Å². The normalized spacial score (nSPS) is 13.1. The van der Waals surface area contributed by atoms with Gasteiger partial charge in [-0.15, -0.1) is 0 Å². The summed E-state index contributed by atoms with van der Waals surface area (Å²) < 4.78 is 0. The second-order valence-corrected chi connectivity index (χ2v) is 4.23. The monoisotopic (exact) mass is 205 g/mol. The summed E-state index contributed by atoms with van der Waals surface area (Å²) in [6, 6.07) is 11.4. The second-order valence-electron chi connectivity index (χ2n) is 4.23. The smallest absolute Gasteiger partial charge is 0.00620 e. The lowest BCUT2D eigenvalue weighted by Gasteiger charge is -2.18. The Kier molecular flexibility index (Phi) is 5.41. The molecule has 0 amide bonds. The molecule has 1 N–H and O–H groups in total. The lowest BCUT2D eigenvalue weighted by molar-refractivity contribution is 0.467. The van der Waals surface area contributed by atoms with Crippen molar-refractivity contribution in [2.45, 2.75) is 45.6 Å². The Morgan fingerprint density at radius 3 is 2.20 bits per heavy atom. The molecule has 1 atom stereocenters. The van der Waals surface area contributed by atoms with Gasteiger partial charge in [0.15, 0.2) is 0 Å². The first-order valence-corrected chi connectivity index (χ1v) is 6.06. The molecule has 0 aliphatic rings. The molecular weight excluding hydrogens is 182 g/mol. The molecule has 0 aromatic heterocycles. The van der Waals surface area contributed by atoms with Crippen LogP contribution < -0.4 is 5.32 Å². The van der Waals surface area contributed by atoms with Crippen LogP contribution in [0.2, 0.25) is 0 Å². The predicted octanol–water partition coefficient (Wildman–Crippen LogP) is 3.57. The molecule has 15 heavy (non-hydrogen) atoms. The zero-order chi connectivity index (χ0) is 11.1. The van der Waals surface area contributed by atoms with Crippen LogP contribution in [0.3, 0.4) is 0 Å². The van der Waals surface area contributed by atoms with E-state index in [1.54, 1.807) is 0 Å². The summed E-state index contributed by atoms with van der Waals surface area (Å²) in [5, 5.41) is 3.62. The van der Waals surface area contributed by atoms with E-state index in [1.807, 2.05) is 0 Å². The van der Waals surface area contributed by atoms with Crippen molar-refractivity contribution < 1.29 is 0 Å². The van der Waals surface area contributed by atoms with Crippen LogP contribution in [0.25, 0.3) is 0 Å². The molecule has 0 fully saturated rings. The Bertz CT molecular complexity index is 251. The van der Waals surface area contributed by atoms with Crippen molar-refractivity contribution in [3.8, 4) is 0 Å². The molecule has 0 saturated carbocycles. The van der Waals surface area contributed by atoms with Gasteiger partial charge in [-0.1, -0.05) is 51.1 Å². The molecule has 0 bridgehead atoms. The summed E-state index contributed by atoms with van der Waals surface area (Å²) in [7, 11) is 0. The zero-order valence-electron chi connectivity index (χ0n) is 10.2. The third-order valence-electron chi connectivity index (χ3n) is 3.07. The Labute approximate surface area is 93.9 Å². The third kappa shape index (κ3) is 4.05. The van der Waals surface area contributed by atoms with E-state index in [4.69, 9.17) is 0 Å². The predicted molar refractivity (Wildman–Crippen MR) is 67.2 cm³/mol. The number of rotatable bonds is 6. The summed E-state index contributed by atoms with van der Waals surface area (Å²) in [6.45, 7) is 7.85. The van der Waals surface area contributed by atoms with E-state index in [-0.39, 0.29) is 0 Å². The maximum atomic E-state index is 3.62. The van der Waals surface area contributed by atoms with Crippen molar-refractivity contribution in [2.75, 3.05) is 6.54 Å². The van der Waals surface area contributed by atoms with Crippen molar-refractivity contribution in [3.63, 3.8) is 0 Å². The largest absolute Gasteiger partial charge is 0.313 e. The third-order valence-corrected chi connectivity index (χ3v) is 3.07. The van der Waals surface area contributed by atoms with Gasteiger partial charge in [-0.05, 0) is 24.3 Å². The van der Waals surface area contributed by atoms with E-state index >= 15 is 0 Å². The lowest BCUT2D eigenvalue weighted by Crippen LogP contribution is -2.30. The van der Waals surface area contributed by atoms with Gasteiger partial charge in [-0.25, -0.2) is 0 Å². The highest BCUT2D eigenvalue weighted by molar-refractivity contribution is 5.18. The van der Waals surface area contributed by atoms with E-state index in [0.29, 0.717) is 12.0 Å². The first-order valence-electron chi connectivity index (χ1n) is 6.06. The first kappa shape index (κ1) is 12.3. The summed E-state index contributed by atoms with van der Waals surface area (Å²) in [5.41, 5.74) is 1.43. The Balaban J connectivity index is 2.39. The van der Waals surface area contributed by atoms with E-state index < -0.39 is 0 Å². The minimum absolute atomic E-state index is 0.604. The van der Waals surface area contributed by atoms with Crippen molar-refractivity contribution in [2.24, 2.45) is 0 Å². The van der Waals surface area contributed by atoms with Crippen LogP contribution in [-0.2, 0) is 0 Å². The van der Waals surface area contributed by atoms with Crippen molar-refractivity contribution in [3.05, 3.63) is 35.9 Å². The standard InChI is InChI=1S/C14H23N/c1-4-14(5-2)15-11-12(3)13-9-7-6-8-10-13/h6-10,12,14-15H,4-5,11H2,1-3H3/t12-/m0/s1. The molecule has 0 aliphatic carbocycles. The summed E-state index contributed by atoms with van der Waals surface area (Å²) >= 11 is 0. The van der Waals surface area contributed by atoms with Gasteiger partial charge in [0.05, 0.1) is 0 Å². The Morgan fingerprint density at radius 2 is 1.67 bits per heavy atom. The summed E-state index contributed by atoms with van der Waals surface area (Å²) in [6.07, 6.45) is 2.44. The molecule has 1 heteroatoms. The minimum Gasteiger partial charge on any atom is -0.313 e. The average Bonchev–Trinajstić information content (AvgIpc) is 2.31. The molecular formula is C14H23N. The van der Waals surface area contributed by atoms with Crippen LogP contribution in [0.5, 0.6) is 0 Å². The van der Waals surface area contributed by atoms with Crippen LogP contribution in [-0.4, -0.2) is 12.6 Å². The van der Waals surface area contributed by atoms with Crippen LogP contribution in [0, 0.1) is 0 Å². The molecule has 0 aliphatic heterocycles. The van der Waals surface area contributed by atoms with Gasteiger partial charge in [0.2, 0.25) is 0 Å². The molecule has 0 saturated heterocycles. The maximum absolute atomic E-state index is 3.62. The molecule has 0 spiro atoms. The molecule has 1 nitrogen and oxygen atoms in total. The summed E-state index contributed by atoms with van der Waals surface area (Å²) in [5.74, 6) is 0.604. The Hall–Kier alpha value is -0.820. The van der Waals surface area contributed by atoms with E-state index in [2.05, 4.69) is 56.4 Å². The molecule has 0 radical (unpaired) electrons. The molecule has 1 rings (SSSR count). The maximum Gasteiger partial charge on any atom is 0.00620 e. The highest BCUT2D eigenvalue weighted by Crippen LogP contribution is 2.13. The lowest BCUT2D eigenvalue weighted by atomic mass is 10.0. The van der Waals surface area contributed by atoms with Crippen molar-refractivity contribution in [1.82, 2.24) is 5.32 Å². The van der Waals surface area contributed by atoms with Gasteiger partial charge in [-0.2, -0.15) is 0 Å². The van der Waals surface area contributed by atoms with Crippen LogP contribution in [0.15, 0.2) is 30.3 Å². The zero-order valence-corrected chi connectivity index (χ0v) is 10.2. The van der Waals surface area contributed by atoms with Crippen LogP contribution in [0.4, 0.5) is 0 Å². The van der Waals surface area contributed by atoms with Gasteiger partial charge in [0.1, 0.15) is 0 Å². The summed E-state index contributed by atoms with van der Waals surface area (Å²) in [4.78, 5) is 0. The molecule has 1 aromatic carbocycles. The van der Waals surface area contributed by atoms with Gasteiger partial charge in [-0.3, -0.25) is 0 Å². The van der Waals surface area contributed by atoms with Crippen molar-refractivity contribution in [1.29, 1.82) is 0 Å². The topological polar surface area (TPSA) is 12.0 Å². The van der Waals surface area contributed by atoms with Gasteiger partial charge < -0.3 is 5.32 Å². The van der Waals surface area contributed by atoms with Gasteiger partial charge in [0, 0.05) is 12.6 Å². The van der Waals surface area contributed by atoms with Crippen molar-refractivity contribution >= 4 is 0 Å². The quantitative estimate of drug-likeness (QED) is 0.748. The number of hydrogen-bond donors (Lipinski definition) is 1. The first-order chi connectivity index (χ1) is 7.27. The fourth-order valence-corrected chi connectivity index (χ4v) is 1.82. The number of hydrogen-bond acceptors (Lipinski definition) is 1. The van der Waals surface area contributed by atoms with Crippen LogP contribution in [0.1, 0.15) is 45.1 Å². The number of nitrogens with one attached hydrogen (secondary N) is 1. The SMILES string of the molecule is CCC(CC)NC[C@H](C)c1ccccc1. The van der Waals surface area contributed by atoms with E-state index in [9.17, 15) is 0 Å². The van der Waals surface area contributed by atoms with Gasteiger partial charge in [0.25, 0.3) is 0 Å². The molecule has 84 valence electrons. The highest BCUT2D eigenvalue weighted by Gasteiger charge is 2.07. The fraction of sp³-hybridized carbons (Fsp3) is 0.571. The average molecular weight is 205 g/mol. The van der Waals surface area contributed by atoms with E-state index in [0.717, 1.165) is 6.54 Å². The fourth-order valence-electron chi connectivity index (χ4n) is 1.82. The Morgan fingerprint density at radius 1 is 1.07 bits per heavy atom. The highest BCUT2D eigenvalue weighted by atomic mass is 14.9. The molecule has 1 aromatic rings. The number of benzene rings is 1. The van der Waals surface area contributed by atoms with Gasteiger partial charge >= 0.3 is 0 Å². The minimum atomic E-state index is 0.604. The molecule has 0 unspecified atom stereocenters. The second kappa shape index (κ2) is 6.62.